The van der Waals surface area contributed by atoms with Crippen LogP contribution in [0.2, 0.25) is 0 Å². The Kier molecular flexibility index (Phi) is 6.50. The van der Waals surface area contributed by atoms with Crippen molar-refractivity contribution in [2.45, 2.75) is 38.8 Å². The Labute approximate surface area is 186 Å². The molecule has 0 bridgehead atoms. The summed E-state index contributed by atoms with van der Waals surface area (Å²) in [4.78, 5) is 12.2. The third-order valence-electron chi connectivity index (χ3n) is 5.32. The lowest BCUT2D eigenvalue weighted by molar-refractivity contribution is -0.122. The maximum atomic E-state index is 13.3. The van der Waals surface area contributed by atoms with Crippen molar-refractivity contribution < 1.29 is 13.9 Å². The summed E-state index contributed by atoms with van der Waals surface area (Å²) in [5, 5.41) is 8.41. The van der Waals surface area contributed by atoms with Crippen LogP contribution in [0, 0.1) is 5.82 Å². The van der Waals surface area contributed by atoms with Crippen LogP contribution in [-0.4, -0.2) is 21.7 Å². The van der Waals surface area contributed by atoms with Crippen LogP contribution in [-0.2, 0) is 4.79 Å². The lowest BCUT2D eigenvalue weighted by Crippen LogP contribution is -2.39. The van der Waals surface area contributed by atoms with E-state index >= 15 is 0 Å². The Morgan fingerprint density at radius 3 is 2.56 bits per heavy atom. The zero-order chi connectivity index (χ0) is 22.5. The van der Waals surface area contributed by atoms with Crippen molar-refractivity contribution in [2.24, 2.45) is 0 Å². The predicted octanol–water partition coefficient (Wildman–Crippen LogP) is 5.59. The summed E-state index contributed by atoms with van der Waals surface area (Å²) in [7, 11) is 0. The van der Waals surface area contributed by atoms with Gasteiger partial charge in [0, 0.05) is 11.8 Å². The minimum atomic E-state index is -0.346. The highest BCUT2D eigenvalue weighted by Crippen LogP contribution is 2.29. The number of nitrogens with zero attached hydrogens (tertiary/aromatic N) is 2. The van der Waals surface area contributed by atoms with Gasteiger partial charge in [0.25, 0.3) is 0 Å². The van der Waals surface area contributed by atoms with Crippen molar-refractivity contribution in [3.05, 3.63) is 90.4 Å². The van der Waals surface area contributed by atoms with E-state index in [0.29, 0.717) is 12.2 Å². The quantitative estimate of drug-likeness (QED) is 0.396. The van der Waals surface area contributed by atoms with Crippen molar-refractivity contribution >= 4 is 16.8 Å². The molecule has 0 fully saturated rings. The summed E-state index contributed by atoms with van der Waals surface area (Å²) in [6, 6.07) is 21.6. The van der Waals surface area contributed by atoms with E-state index < -0.39 is 0 Å². The smallest absolute Gasteiger partial charge is 0.220 e. The summed E-state index contributed by atoms with van der Waals surface area (Å²) in [6.07, 6.45) is 2.70. The average molecular weight is 432 g/mol. The van der Waals surface area contributed by atoms with Gasteiger partial charge in [-0.3, -0.25) is 4.79 Å². The van der Waals surface area contributed by atoms with Crippen LogP contribution >= 0.6 is 0 Å². The van der Waals surface area contributed by atoms with E-state index in [4.69, 9.17) is 4.74 Å². The van der Waals surface area contributed by atoms with E-state index in [0.717, 1.165) is 28.6 Å². The molecule has 0 radical (unpaired) electrons. The van der Waals surface area contributed by atoms with Gasteiger partial charge in [-0.15, -0.1) is 0 Å². The Bertz CT molecular complexity index is 1190. The zero-order valence-electron chi connectivity index (χ0n) is 18.2. The second-order valence-corrected chi connectivity index (χ2v) is 7.81. The van der Waals surface area contributed by atoms with Gasteiger partial charge in [0.1, 0.15) is 17.7 Å². The number of carbonyl (C=O) groups excluding carboxylic acids is 1. The van der Waals surface area contributed by atoms with Gasteiger partial charge in [0.05, 0.1) is 23.4 Å². The highest BCUT2D eigenvalue weighted by atomic mass is 19.1. The average Bonchev–Trinajstić information content (AvgIpc) is 3.22. The van der Waals surface area contributed by atoms with Crippen molar-refractivity contribution in [3.8, 4) is 11.4 Å². The Hall–Kier alpha value is -3.67. The normalized spacial score (nSPS) is 13.0. The second-order valence-electron chi connectivity index (χ2n) is 7.81. The van der Waals surface area contributed by atoms with E-state index in [2.05, 4.69) is 10.4 Å². The SMILES string of the molecule is CCCC(=O)N[C@@H](C)[C@@H](Oc1ccc2c(cnn2-c2ccc(F)cc2)c1)c1ccccc1. The number of aromatic nitrogens is 2. The molecule has 0 saturated heterocycles. The first-order valence-electron chi connectivity index (χ1n) is 10.8. The van der Waals surface area contributed by atoms with E-state index in [9.17, 15) is 9.18 Å². The highest BCUT2D eigenvalue weighted by Gasteiger charge is 2.23. The van der Waals surface area contributed by atoms with E-state index in [-0.39, 0.29) is 23.9 Å². The number of nitrogens with one attached hydrogen (secondary N) is 1. The number of fused-ring (bicyclic) bond motifs is 1. The van der Waals surface area contributed by atoms with Crippen LogP contribution in [0.25, 0.3) is 16.6 Å². The number of rotatable bonds is 8. The number of halogens is 1. The minimum Gasteiger partial charge on any atom is -0.484 e. The molecule has 0 spiro atoms. The standard InChI is InChI=1S/C26H26FN3O2/c1-3-7-25(31)29-18(2)26(19-8-5-4-6-9-19)32-23-14-15-24-20(16-23)17-28-30(24)22-12-10-21(27)11-13-22/h4-6,8-18,26H,3,7H2,1-2H3,(H,29,31)/t18-,26+/m0/s1. The van der Waals surface area contributed by atoms with Gasteiger partial charge >= 0.3 is 0 Å². The molecule has 0 saturated carbocycles. The van der Waals surface area contributed by atoms with Gasteiger partial charge in [-0.2, -0.15) is 5.10 Å². The molecule has 2 atom stereocenters. The molecule has 0 aliphatic rings. The number of hydrogen-bond acceptors (Lipinski definition) is 3. The van der Waals surface area contributed by atoms with Crippen LogP contribution in [0.3, 0.4) is 0 Å². The molecule has 1 heterocycles. The summed E-state index contributed by atoms with van der Waals surface area (Å²) < 4.78 is 21.4. The van der Waals surface area contributed by atoms with Gasteiger partial charge in [0.2, 0.25) is 5.91 Å². The minimum absolute atomic E-state index is 0.0144. The largest absolute Gasteiger partial charge is 0.484 e. The number of carbonyl (C=O) groups is 1. The number of amides is 1. The van der Waals surface area contributed by atoms with Gasteiger partial charge < -0.3 is 10.1 Å². The first-order valence-corrected chi connectivity index (χ1v) is 10.8. The van der Waals surface area contributed by atoms with Crippen molar-refractivity contribution in [1.82, 2.24) is 15.1 Å². The van der Waals surface area contributed by atoms with Crippen LogP contribution in [0.4, 0.5) is 4.39 Å². The monoisotopic (exact) mass is 431 g/mol. The molecule has 1 N–H and O–H groups in total. The molecule has 1 amide bonds. The Morgan fingerprint density at radius 2 is 1.84 bits per heavy atom. The van der Waals surface area contributed by atoms with Crippen LogP contribution < -0.4 is 10.1 Å². The molecule has 4 aromatic rings. The third kappa shape index (κ3) is 4.80. The fourth-order valence-electron chi connectivity index (χ4n) is 3.75. The second kappa shape index (κ2) is 9.64. The fourth-order valence-corrected chi connectivity index (χ4v) is 3.75. The molecule has 6 heteroatoms. The molecule has 0 unspecified atom stereocenters. The molecule has 3 aromatic carbocycles. The first-order chi connectivity index (χ1) is 15.5. The van der Waals surface area contributed by atoms with Gasteiger partial charge in [-0.1, -0.05) is 37.3 Å². The van der Waals surface area contributed by atoms with E-state index in [1.807, 2.05) is 62.4 Å². The number of benzene rings is 3. The predicted molar refractivity (Wildman–Crippen MR) is 123 cm³/mol. The molecule has 1 aromatic heterocycles. The highest BCUT2D eigenvalue weighted by molar-refractivity contribution is 5.81. The van der Waals surface area contributed by atoms with E-state index in [1.165, 1.54) is 12.1 Å². The summed E-state index contributed by atoms with van der Waals surface area (Å²) in [5.41, 5.74) is 2.66. The molecule has 32 heavy (non-hydrogen) atoms. The lowest BCUT2D eigenvalue weighted by Gasteiger charge is -2.26. The van der Waals surface area contributed by atoms with Gasteiger partial charge in [-0.25, -0.2) is 9.07 Å². The van der Waals surface area contributed by atoms with Gasteiger partial charge in [-0.05, 0) is 61.4 Å². The Balaban J connectivity index is 1.61. The van der Waals surface area contributed by atoms with Crippen LogP contribution in [0.5, 0.6) is 5.75 Å². The van der Waals surface area contributed by atoms with Crippen molar-refractivity contribution in [3.63, 3.8) is 0 Å². The molecule has 5 nitrogen and oxygen atoms in total. The van der Waals surface area contributed by atoms with Gasteiger partial charge in [0.15, 0.2) is 0 Å². The molecule has 0 aliphatic carbocycles. The third-order valence-corrected chi connectivity index (χ3v) is 5.32. The van der Waals surface area contributed by atoms with Crippen LogP contribution in [0.15, 0.2) is 79.0 Å². The topological polar surface area (TPSA) is 56.1 Å². The van der Waals surface area contributed by atoms with Crippen molar-refractivity contribution in [1.29, 1.82) is 0 Å². The molecular weight excluding hydrogens is 405 g/mol. The number of hydrogen-bond donors (Lipinski definition) is 1. The molecular formula is C26H26FN3O2. The summed E-state index contributed by atoms with van der Waals surface area (Å²) in [6.45, 7) is 3.94. The summed E-state index contributed by atoms with van der Waals surface area (Å²) >= 11 is 0. The maximum absolute atomic E-state index is 13.3. The fraction of sp³-hybridized carbons (Fsp3) is 0.231. The lowest BCUT2D eigenvalue weighted by atomic mass is 10.0. The molecule has 4 rings (SSSR count). The number of ether oxygens (including phenoxy) is 1. The van der Waals surface area contributed by atoms with Crippen LogP contribution in [0.1, 0.15) is 38.4 Å². The zero-order valence-corrected chi connectivity index (χ0v) is 18.2. The maximum Gasteiger partial charge on any atom is 0.220 e. The summed E-state index contributed by atoms with van der Waals surface area (Å²) in [5.74, 6) is 0.412. The first kappa shape index (κ1) is 21.6. The Morgan fingerprint density at radius 1 is 1.09 bits per heavy atom. The molecule has 0 aliphatic heterocycles. The van der Waals surface area contributed by atoms with E-state index in [1.54, 1.807) is 23.0 Å². The molecule has 164 valence electrons. The van der Waals surface area contributed by atoms with Crippen molar-refractivity contribution in [2.75, 3.05) is 0 Å².